The first-order valence-corrected chi connectivity index (χ1v) is 9.53. The summed E-state index contributed by atoms with van der Waals surface area (Å²) in [5.41, 5.74) is 0.677. The van der Waals surface area contributed by atoms with Gasteiger partial charge in [-0.05, 0) is 18.1 Å². The molecule has 1 aromatic heterocycles. The molecule has 1 aliphatic heterocycles. The molecule has 3 rings (SSSR count). The number of halogens is 2. The van der Waals surface area contributed by atoms with Gasteiger partial charge in [0.1, 0.15) is 11.6 Å². The highest BCUT2D eigenvalue weighted by molar-refractivity contribution is 14.0. The Hall–Kier alpha value is -1.84. The molecule has 2 heterocycles. The van der Waals surface area contributed by atoms with Crippen molar-refractivity contribution >= 4 is 35.6 Å². The molecule has 1 aliphatic rings. The van der Waals surface area contributed by atoms with Gasteiger partial charge in [-0.3, -0.25) is 4.99 Å². The van der Waals surface area contributed by atoms with Crippen LogP contribution in [0.15, 0.2) is 41.7 Å². The van der Waals surface area contributed by atoms with Crippen LogP contribution in [0.25, 0.3) is 0 Å². The lowest BCUT2D eigenvalue weighted by atomic mass is 10.2. The minimum absolute atomic E-state index is 0. The number of rotatable bonds is 5. The molecule has 6 nitrogen and oxygen atoms in total. The number of anilines is 1. The van der Waals surface area contributed by atoms with Gasteiger partial charge in [-0.2, -0.15) is 0 Å². The molecule has 0 radical (unpaired) electrons. The van der Waals surface area contributed by atoms with Crippen LogP contribution in [0.5, 0.6) is 0 Å². The molecular weight excluding hydrogens is 470 g/mol. The van der Waals surface area contributed by atoms with Gasteiger partial charge in [0.25, 0.3) is 0 Å². The maximum atomic E-state index is 14.0. The first-order chi connectivity index (χ1) is 13.1. The molecule has 0 aliphatic carbocycles. The van der Waals surface area contributed by atoms with E-state index in [0.29, 0.717) is 18.2 Å². The normalized spacial score (nSPS) is 15.0. The summed E-state index contributed by atoms with van der Waals surface area (Å²) in [6.07, 6.45) is 3.86. The third-order valence-corrected chi connectivity index (χ3v) is 4.75. The summed E-state index contributed by atoms with van der Waals surface area (Å²) in [4.78, 5) is 13.2. The van der Waals surface area contributed by atoms with Crippen molar-refractivity contribution in [3.63, 3.8) is 0 Å². The monoisotopic (exact) mass is 500 g/mol. The number of hydrogen-bond donors (Lipinski definition) is 1. The van der Waals surface area contributed by atoms with Crippen molar-refractivity contribution in [2.45, 2.75) is 26.9 Å². The van der Waals surface area contributed by atoms with E-state index >= 15 is 0 Å². The lowest BCUT2D eigenvalue weighted by molar-refractivity contribution is 0.369. The maximum Gasteiger partial charge on any atom is 0.194 e. The molecule has 1 saturated heterocycles. The van der Waals surface area contributed by atoms with Gasteiger partial charge in [-0.25, -0.2) is 9.37 Å². The molecule has 1 aromatic carbocycles. The summed E-state index contributed by atoms with van der Waals surface area (Å²) in [7, 11) is 1.80. The fraction of sp³-hybridized carbons (Fsp3) is 0.500. The minimum Gasteiger partial charge on any atom is -0.366 e. The van der Waals surface area contributed by atoms with E-state index in [1.807, 2.05) is 24.5 Å². The molecular formula is C20H30FIN6. The summed E-state index contributed by atoms with van der Waals surface area (Å²) >= 11 is 0. The van der Waals surface area contributed by atoms with E-state index in [9.17, 15) is 4.39 Å². The number of para-hydroxylation sites is 1. The first-order valence-electron chi connectivity index (χ1n) is 9.53. The van der Waals surface area contributed by atoms with Crippen molar-refractivity contribution in [1.29, 1.82) is 0 Å². The highest BCUT2D eigenvalue weighted by atomic mass is 127. The number of nitrogens with zero attached hydrogens (tertiary/aromatic N) is 5. The molecule has 0 bridgehead atoms. The van der Waals surface area contributed by atoms with Crippen LogP contribution in [0.4, 0.5) is 10.1 Å². The standard InChI is InChI=1S/C20H29FN6.HI/c1-16(2)15-27-9-8-23-19(27)14-24-20(22-3)26-12-10-25(11-13-26)18-7-5-4-6-17(18)21;/h4-9,16H,10-15H2,1-3H3,(H,22,24);1H. The van der Waals surface area contributed by atoms with Crippen LogP contribution in [0.1, 0.15) is 19.7 Å². The number of aliphatic imine (C=N–C) groups is 1. The van der Waals surface area contributed by atoms with Crippen molar-refractivity contribution in [2.24, 2.45) is 10.9 Å². The first kappa shape index (κ1) is 22.4. The summed E-state index contributed by atoms with van der Waals surface area (Å²) in [5.74, 6) is 2.28. The van der Waals surface area contributed by atoms with Gasteiger partial charge in [0.2, 0.25) is 0 Å². The van der Waals surface area contributed by atoms with Crippen LogP contribution in [0.3, 0.4) is 0 Å². The average molecular weight is 500 g/mol. The summed E-state index contributed by atoms with van der Waals surface area (Å²) < 4.78 is 16.2. The zero-order valence-electron chi connectivity index (χ0n) is 16.8. The average Bonchev–Trinajstić information content (AvgIpc) is 3.09. The van der Waals surface area contributed by atoms with E-state index in [1.165, 1.54) is 6.07 Å². The van der Waals surface area contributed by atoms with Crippen molar-refractivity contribution in [1.82, 2.24) is 19.8 Å². The smallest absolute Gasteiger partial charge is 0.194 e. The molecule has 0 saturated carbocycles. The van der Waals surface area contributed by atoms with Crippen LogP contribution < -0.4 is 10.2 Å². The molecule has 0 unspecified atom stereocenters. The molecule has 0 atom stereocenters. The number of benzene rings is 1. The van der Waals surface area contributed by atoms with Crippen LogP contribution in [0.2, 0.25) is 0 Å². The van der Waals surface area contributed by atoms with E-state index in [2.05, 4.69) is 43.5 Å². The van der Waals surface area contributed by atoms with E-state index in [4.69, 9.17) is 0 Å². The van der Waals surface area contributed by atoms with Gasteiger partial charge >= 0.3 is 0 Å². The molecule has 28 heavy (non-hydrogen) atoms. The summed E-state index contributed by atoms with van der Waals surface area (Å²) in [6.45, 7) is 9.13. The van der Waals surface area contributed by atoms with Crippen molar-refractivity contribution in [3.05, 3.63) is 48.3 Å². The Morgan fingerprint density at radius 3 is 2.57 bits per heavy atom. The van der Waals surface area contributed by atoms with Gasteiger partial charge in [-0.15, -0.1) is 24.0 Å². The Morgan fingerprint density at radius 1 is 1.21 bits per heavy atom. The predicted octanol–water partition coefficient (Wildman–Crippen LogP) is 3.19. The second-order valence-corrected chi connectivity index (χ2v) is 7.22. The third-order valence-electron chi connectivity index (χ3n) is 4.75. The van der Waals surface area contributed by atoms with E-state index in [0.717, 1.165) is 44.5 Å². The predicted molar refractivity (Wildman–Crippen MR) is 123 cm³/mol. The Labute approximate surface area is 183 Å². The highest BCUT2D eigenvalue weighted by Crippen LogP contribution is 2.20. The van der Waals surface area contributed by atoms with E-state index < -0.39 is 0 Å². The fourth-order valence-electron chi connectivity index (χ4n) is 3.42. The fourth-order valence-corrected chi connectivity index (χ4v) is 3.42. The lowest BCUT2D eigenvalue weighted by Crippen LogP contribution is -2.52. The summed E-state index contributed by atoms with van der Waals surface area (Å²) in [6, 6.07) is 6.96. The molecule has 0 amide bonds. The zero-order chi connectivity index (χ0) is 19.2. The molecule has 0 spiro atoms. The van der Waals surface area contributed by atoms with Gasteiger partial charge < -0.3 is 19.7 Å². The number of hydrogen-bond acceptors (Lipinski definition) is 3. The molecule has 2 aromatic rings. The number of imidazole rings is 1. The Balaban J connectivity index is 0.00000280. The van der Waals surface area contributed by atoms with Crippen molar-refractivity contribution in [2.75, 3.05) is 38.1 Å². The Morgan fingerprint density at radius 2 is 1.93 bits per heavy atom. The number of guanidine groups is 1. The second kappa shape index (κ2) is 10.6. The maximum absolute atomic E-state index is 14.0. The summed E-state index contributed by atoms with van der Waals surface area (Å²) in [5, 5.41) is 3.42. The molecule has 154 valence electrons. The Bertz CT molecular complexity index is 768. The number of nitrogens with one attached hydrogen (secondary N) is 1. The Kier molecular flexibility index (Phi) is 8.53. The zero-order valence-corrected chi connectivity index (χ0v) is 19.1. The highest BCUT2D eigenvalue weighted by Gasteiger charge is 2.21. The van der Waals surface area contributed by atoms with Gasteiger partial charge in [0, 0.05) is 52.2 Å². The topological polar surface area (TPSA) is 48.7 Å². The largest absolute Gasteiger partial charge is 0.366 e. The van der Waals surface area contributed by atoms with Crippen molar-refractivity contribution in [3.8, 4) is 0 Å². The van der Waals surface area contributed by atoms with Crippen LogP contribution in [0, 0.1) is 11.7 Å². The van der Waals surface area contributed by atoms with Crippen LogP contribution >= 0.6 is 24.0 Å². The molecule has 1 N–H and O–H groups in total. The van der Waals surface area contributed by atoms with Gasteiger partial charge in [0.05, 0.1) is 12.2 Å². The van der Waals surface area contributed by atoms with E-state index in [-0.39, 0.29) is 29.8 Å². The van der Waals surface area contributed by atoms with Crippen LogP contribution in [-0.4, -0.2) is 53.6 Å². The van der Waals surface area contributed by atoms with Crippen molar-refractivity contribution < 1.29 is 4.39 Å². The lowest BCUT2D eigenvalue weighted by Gasteiger charge is -2.37. The molecule has 1 fully saturated rings. The SMILES string of the molecule is CN=C(NCc1nccn1CC(C)C)N1CCN(c2ccccc2F)CC1.I. The van der Waals surface area contributed by atoms with E-state index in [1.54, 1.807) is 13.1 Å². The molecule has 8 heteroatoms. The van der Waals surface area contributed by atoms with Gasteiger partial charge in [-0.1, -0.05) is 26.0 Å². The second-order valence-electron chi connectivity index (χ2n) is 7.22. The quantitative estimate of drug-likeness (QED) is 0.390. The number of piperazine rings is 1. The number of aromatic nitrogens is 2. The third kappa shape index (κ3) is 5.59. The van der Waals surface area contributed by atoms with Gasteiger partial charge in [0.15, 0.2) is 5.96 Å². The van der Waals surface area contributed by atoms with Crippen LogP contribution in [-0.2, 0) is 13.1 Å². The minimum atomic E-state index is -0.162.